The maximum Gasteiger partial charge on any atom is 0.421 e. The molecule has 1 saturated heterocycles. The summed E-state index contributed by atoms with van der Waals surface area (Å²) in [4.78, 5) is 66.7. The molecule has 12 nitrogen and oxygen atoms in total. The van der Waals surface area contributed by atoms with Gasteiger partial charge in [-0.2, -0.15) is 0 Å². The number of hydrogen-bond acceptors (Lipinski definition) is 8. The number of ketones is 1. The van der Waals surface area contributed by atoms with Crippen molar-refractivity contribution in [3.05, 3.63) is 0 Å². The van der Waals surface area contributed by atoms with Gasteiger partial charge in [-0.15, -0.1) is 0 Å². The van der Waals surface area contributed by atoms with E-state index in [4.69, 9.17) is 4.74 Å². The minimum Gasteiger partial charge on any atom is -0.443 e. The molecule has 0 aromatic rings. The van der Waals surface area contributed by atoms with E-state index in [0.29, 0.717) is 38.3 Å². The number of ether oxygens (including phenoxy) is 1. The maximum absolute atomic E-state index is 13.8. The Labute approximate surface area is 274 Å². The molecule has 0 spiro atoms. The van der Waals surface area contributed by atoms with Crippen LogP contribution in [0.4, 0.5) is 9.59 Å². The molecule has 1 aliphatic heterocycles. The molecule has 5 amide bonds. The van der Waals surface area contributed by atoms with Gasteiger partial charge in [-0.05, 0) is 71.3 Å². The van der Waals surface area contributed by atoms with Crippen molar-refractivity contribution in [2.24, 2.45) is 17.3 Å². The van der Waals surface area contributed by atoms with Gasteiger partial charge in [0.1, 0.15) is 17.7 Å². The molecule has 2 fully saturated rings. The summed E-state index contributed by atoms with van der Waals surface area (Å²) in [7, 11) is 3.45. The Hall–Kier alpha value is -2.54. The van der Waals surface area contributed by atoms with Crippen LogP contribution in [-0.4, -0.2) is 100 Å². The van der Waals surface area contributed by atoms with Crippen LogP contribution in [0, 0.1) is 17.3 Å². The summed E-state index contributed by atoms with van der Waals surface area (Å²) in [6.45, 7) is 17.5. The van der Waals surface area contributed by atoms with E-state index in [0.717, 1.165) is 19.3 Å². The number of urea groups is 1. The van der Waals surface area contributed by atoms with E-state index < -0.39 is 35.9 Å². The smallest absolute Gasteiger partial charge is 0.421 e. The van der Waals surface area contributed by atoms with Crippen molar-refractivity contribution in [1.29, 1.82) is 0 Å². The highest BCUT2D eigenvalue weighted by atomic mass is 32.2. The van der Waals surface area contributed by atoms with Crippen molar-refractivity contribution in [2.45, 2.75) is 131 Å². The fraction of sp³-hybridized carbons (Fsp3) is 0.844. The normalized spacial score (nSPS) is 19.4. The third-order valence-electron chi connectivity index (χ3n) is 8.36. The molecule has 3 N–H and O–H groups in total. The summed E-state index contributed by atoms with van der Waals surface area (Å²) in [6.07, 6.45) is 4.65. The van der Waals surface area contributed by atoms with Gasteiger partial charge < -0.3 is 25.6 Å². The van der Waals surface area contributed by atoms with Crippen molar-refractivity contribution in [2.75, 3.05) is 27.2 Å². The SMILES string of the molecule is CC(=O)C(CC1CCC1)NC(=O)C1CCCN1C(=O)C(NC(=O)NC(CN(C)SN(C)C(=O)OC(C)(C)C)C(C)(C)C)C(C)C. The van der Waals surface area contributed by atoms with E-state index >= 15 is 0 Å². The number of Topliss-reactive ketones (excluding diaryl/α,β-unsaturated/α-hetero) is 1. The number of rotatable bonds is 13. The Kier molecular flexibility index (Phi) is 14.0. The van der Waals surface area contributed by atoms with Gasteiger partial charge in [0, 0.05) is 38.3 Å². The van der Waals surface area contributed by atoms with Gasteiger partial charge in [-0.25, -0.2) is 18.2 Å². The molecule has 0 bridgehead atoms. The molecule has 0 aromatic heterocycles. The minimum atomic E-state index is -0.844. The number of amides is 5. The summed E-state index contributed by atoms with van der Waals surface area (Å²) in [5, 5.41) is 8.83. The van der Waals surface area contributed by atoms with Crippen molar-refractivity contribution in [3.8, 4) is 0 Å². The number of hydrogen-bond donors (Lipinski definition) is 3. The number of nitrogens with zero attached hydrogens (tertiary/aromatic N) is 3. The van der Waals surface area contributed by atoms with Gasteiger partial charge in [0.15, 0.2) is 5.78 Å². The average molecular weight is 655 g/mol. The third kappa shape index (κ3) is 12.3. The van der Waals surface area contributed by atoms with Crippen molar-refractivity contribution < 1.29 is 28.7 Å². The molecular weight excluding hydrogens is 596 g/mol. The van der Waals surface area contributed by atoms with E-state index in [1.165, 1.54) is 23.4 Å². The van der Waals surface area contributed by atoms with Crippen LogP contribution < -0.4 is 16.0 Å². The fourth-order valence-corrected chi connectivity index (χ4v) is 6.13. The highest BCUT2D eigenvalue weighted by molar-refractivity contribution is 7.95. The Morgan fingerprint density at radius 1 is 0.933 bits per heavy atom. The average Bonchev–Trinajstić information content (AvgIpc) is 3.36. The quantitative estimate of drug-likeness (QED) is 0.249. The molecule has 1 aliphatic carbocycles. The number of likely N-dealkylation sites (N-methyl/N-ethyl adjacent to an activating group) is 1. The van der Waals surface area contributed by atoms with Gasteiger partial charge in [-0.1, -0.05) is 53.9 Å². The second-order valence-corrected chi connectivity index (χ2v) is 16.4. The lowest BCUT2D eigenvalue weighted by Gasteiger charge is -2.36. The van der Waals surface area contributed by atoms with Crippen LogP contribution in [0.2, 0.25) is 0 Å². The summed E-state index contributed by atoms with van der Waals surface area (Å²) >= 11 is 1.18. The molecule has 0 radical (unpaired) electrons. The lowest BCUT2D eigenvalue weighted by atomic mass is 9.80. The van der Waals surface area contributed by atoms with E-state index in [1.807, 2.05) is 46.0 Å². The molecule has 45 heavy (non-hydrogen) atoms. The first-order valence-corrected chi connectivity index (χ1v) is 17.0. The number of carbonyl (C=O) groups is 5. The highest BCUT2D eigenvalue weighted by Crippen LogP contribution is 2.31. The number of carbonyl (C=O) groups excluding carboxylic acids is 5. The van der Waals surface area contributed by atoms with Crippen molar-refractivity contribution in [1.82, 2.24) is 29.5 Å². The second-order valence-electron chi connectivity index (χ2n) is 15.0. The van der Waals surface area contributed by atoms with Gasteiger partial charge in [0.2, 0.25) is 11.8 Å². The molecule has 258 valence electrons. The molecule has 2 rings (SSSR count). The lowest BCUT2D eigenvalue weighted by Crippen LogP contribution is -2.59. The molecular formula is C32H58N6O6S. The van der Waals surface area contributed by atoms with Crippen LogP contribution in [-0.2, 0) is 19.1 Å². The zero-order valence-electron chi connectivity index (χ0n) is 29.3. The van der Waals surface area contributed by atoms with Crippen LogP contribution in [0.15, 0.2) is 0 Å². The topological polar surface area (TPSA) is 140 Å². The Morgan fingerprint density at radius 2 is 1.56 bits per heavy atom. The Balaban J connectivity index is 2.05. The van der Waals surface area contributed by atoms with Crippen LogP contribution in [0.5, 0.6) is 0 Å². The Morgan fingerprint density at radius 3 is 2.04 bits per heavy atom. The van der Waals surface area contributed by atoms with Gasteiger partial charge in [-0.3, -0.25) is 14.4 Å². The summed E-state index contributed by atoms with van der Waals surface area (Å²) in [5.74, 6) is -0.467. The minimum absolute atomic E-state index is 0.0709. The molecule has 4 atom stereocenters. The molecule has 13 heteroatoms. The van der Waals surface area contributed by atoms with Gasteiger partial charge in [0.25, 0.3) is 0 Å². The summed E-state index contributed by atoms with van der Waals surface area (Å²) in [6, 6.07) is -2.89. The predicted octanol–water partition coefficient (Wildman–Crippen LogP) is 4.34. The monoisotopic (exact) mass is 654 g/mol. The predicted molar refractivity (Wildman–Crippen MR) is 177 cm³/mol. The molecule has 1 heterocycles. The number of nitrogens with one attached hydrogen (secondary N) is 3. The maximum atomic E-state index is 13.8. The highest BCUT2D eigenvalue weighted by Gasteiger charge is 2.40. The standard InChI is InChI=1S/C32H58N6O6S/c1-20(2)26(28(41)38-17-13-16-24(38)27(40)33-23(21(3)39)18-22-14-12-15-22)35-29(42)34-25(31(4,5)6)19-36(10)45-37(11)30(43)44-32(7,8)9/h20,22-26H,12-19H2,1-11H3,(H,33,40)(H2,34,35,42). The molecule has 2 aliphatic rings. The summed E-state index contributed by atoms with van der Waals surface area (Å²) in [5.41, 5.74) is -0.966. The molecule has 0 aromatic carbocycles. The molecule has 4 unspecified atom stereocenters. The zero-order chi connectivity index (χ0) is 34.3. The van der Waals surface area contributed by atoms with E-state index in [-0.39, 0.29) is 35.0 Å². The van der Waals surface area contributed by atoms with E-state index in [1.54, 1.807) is 32.7 Å². The first-order chi connectivity index (χ1) is 20.7. The van der Waals surface area contributed by atoms with Crippen LogP contribution in [0.3, 0.4) is 0 Å². The van der Waals surface area contributed by atoms with Crippen molar-refractivity contribution in [3.63, 3.8) is 0 Å². The van der Waals surface area contributed by atoms with E-state index in [2.05, 4.69) is 16.0 Å². The first-order valence-electron chi connectivity index (χ1n) is 16.2. The second kappa shape index (κ2) is 16.3. The van der Waals surface area contributed by atoms with Crippen LogP contribution in [0.25, 0.3) is 0 Å². The van der Waals surface area contributed by atoms with Gasteiger partial charge >= 0.3 is 12.1 Å². The fourth-order valence-electron chi connectivity index (χ4n) is 5.39. The zero-order valence-corrected chi connectivity index (χ0v) is 30.1. The summed E-state index contributed by atoms with van der Waals surface area (Å²) < 4.78 is 8.67. The van der Waals surface area contributed by atoms with E-state index in [9.17, 15) is 24.0 Å². The first kappa shape index (κ1) is 38.6. The largest absolute Gasteiger partial charge is 0.443 e. The van der Waals surface area contributed by atoms with Crippen LogP contribution in [0.1, 0.15) is 101 Å². The Bertz CT molecular complexity index is 1050. The van der Waals surface area contributed by atoms with Crippen molar-refractivity contribution >= 4 is 41.9 Å². The number of likely N-dealkylation sites (tertiary alicyclic amines) is 1. The van der Waals surface area contributed by atoms with Gasteiger partial charge in [0.05, 0.1) is 6.04 Å². The van der Waals surface area contributed by atoms with Crippen LogP contribution >= 0.6 is 12.1 Å². The lowest BCUT2D eigenvalue weighted by molar-refractivity contribution is -0.141. The third-order valence-corrected chi connectivity index (χ3v) is 9.18. The molecule has 1 saturated carbocycles.